The normalized spacial score (nSPS) is 11.3. The van der Waals surface area contributed by atoms with Gasteiger partial charge in [-0.15, -0.1) is 0 Å². The first-order valence-electron chi connectivity index (χ1n) is 5.23. The van der Waals surface area contributed by atoms with Crippen LogP contribution in [0.5, 0.6) is 0 Å². The Morgan fingerprint density at radius 3 is 2.56 bits per heavy atom. The number of halogens is 1. The van der Waals surface area contributed by atoms with Crippen molar-refractivity contribution in [2.45, 2.75) is 26.7 Å². The van der Waals surface area contributed by atoms with Gasteiger partial charge in [-0.05, 0) is 19.1 Å². The van der Waals surface area contributed by atoms with Crippen LogP contribution in [-0.2, 0) is 0 Å². The fourth-order valence-corrected chi connectivity index (χ4v) is 1.61. The van der Waals surface area contributed by atoms with Crippen LogP contribution in [0.3, 0.4) is 0 Å². The van der Waals surface area contributed by atoms with Gasteiger partial charge in [-0.1, -0.05) is 13.8 Å². The largest absolute Gasteiger partial charge is 0.383 e. The van der Waals surface area contributed by atoms with Gasteiger partial charge in [0.05, 0.1) is 5.52 Å². The number of hydrogen-bond acceptors (Lipinski definition) is 3. The highest BCUT2D eigenvalue weighted by Crippen LogP contribution is 2.24. The molecule has 3 nitrogen and oxygen atoms in total. The molecule has 0 saturated heterocycles. The molecule has 0 bridgehead atoms. The van der Waals surface area contributed by atoms with Crippen LogP contribution < -0.4 is 5.73 Å². The third kappa shape index (κ3) is 1.60. The molecule has 84 valence electrons. The maximum Gasteiger partial charge on any atom is 0.135 e. The lowest BCUT2D eigenvalue weighted by atomic mass is 10.1. The highest BCUT2D eigenvalue weighted by Gasteiger charge is 2.11. The van der Waals surface area contributed by atoms with E-state index in [1.54, 1.807) is 13.0 Å². The molecule has 16 heavy (non-hydrogen) atoms. The third-order valence-corrected chi connectivity index (χ3v) is 2.62. The lowest BCUT2D eigenvalue weighted by Crippen LogP contribution is -2.04. The number of anilines is 1. The molecular weight excluding hydrogens is 205 g/mol. The average molecular weight is 219 g/mol. The van der Waals surface area contributed by atoms with Gasteiger partial charge in [0.2, 0.25) is 0 Å². The Morgan fingerprint density at radius 2 is 1.94 bits per heavy atom. The van der Waals surface area contributed by atoms with E-state index in [1.165, 1.54) is 6.07 Å². The Bertz CT molecular complexity index is 549. The predicted molar refractivity (Wildman–Crippen MR) is 62.7 cm³/mol. The van der Waals surface area contributed by atoms with Crippen molar-refractivity contribution in [1.82, 2.24) is 9.97 Å². The first kappa shape index (κ1) is 10.8. The van der Waals surface area contributed by atoms with E-state index in [0.29, 0.717) is 28.1 Å². The van der Waals surface area contributed by atoms with Gasteiger partial charge in [-0.3, -0.25) is 0 Å². The molecule has 0 unspecified atom stereocenters. The molecule has 2 rings (SSSR count). The average Bonchev–Trinajstić information content (AvgIpc) is 2.23. The molecule has 1 aromatic heterocycles. The molecule has 2 N–H and O–H groups in total. The number of fused-ring (bicyclic) bond motifs is 1. The van der Waals surface area contributed by atoms with Crippen LogP contribution in [0.25, 0.3) is 10.9 Å². The summed E-state index contributed by atoms with van der Waals surface area (Å²) in [7, 11) is 0. The summed E-state index contributed by atoms with van der Waals surface area (Å²) >= 11 is 0. The second kappa shape index (κ2) is 3.70. The lowest BCUT2D eigenvalue weighted by molar-refractivity contribution is 0.620. The summed E-state index contributed by atoms with van der Waals surface area (Å²) in [5, 5.41) is 0.711. The number of nitrogen functional groups attached to an aromatic ring is 1. The zero-order chi connectivity index (χ0) is 11.9. The number of nitrogens with two attached hydrogens (primary N) is 1. The Labute approximate surface area is 93.5 Å². The van der Waals surface area contributed by atoms with E-state index in [1.807, 2.05) is 13.8 Å². The van der Waals surface area contributed by atoms with Crippen molar-refractivity contribution < 1.29 is 4.39 Å². The SMILES string of the molecule is Cc1c(F)ccc2c(N)nc(C(C)C)nc12. The van der Waals surface area contributed by atoms with Crippen molar-refractivity contribution in [3.63, 3.8) is 0 Å². The van der Waals surface area contributed by atoms with Crippen molar-refractivity contribution >= 4 is 16.7 Å². The van der Waals surface area contributed by atoms with E-state index < -0.39 is 0 Å². The molecule has 2 aromatic rings. The lowest BCUT2D eigenvalue weighted by Gasteiger charge is -2.09. The van der Waals surface area contributed by atoms with Crippen LogP contribution >= 0.6 is 0 Å². The van der Waals surface area contributed by atoms with Crippen molar-refractivity contribution in [3.8, 4) is 0 Å². The van der Waals surface area contributed by atoms with Gasteiger partial charge < -0.3 is 5.73 Å². The molecule has 0 aliphatic carbocycles. The molecule has 0 aliphatic rings. The number of hydrogen-bond donors (Lipinski definition) is 1. The van der Waals surface area contributed by atoms with Gasteiger partial charge in [0.15, 0.2) is 0 Å². The van der Waals surface area contributed by atoms with Gasteiger partial charge in [0, 0.05) is 16.9 Å². The highest BCUT2D eigenvalue weighted by molar-refractivity contribution is 5.90. The monoisotopic (exact) mass is 219 g/mol. The summed E-state index contributed by atoms with van der Waals surface area (Å²) in [5.74, 6) is 0.977. The number of nitrogens with zero attached hydrogens (tertiary/aromatic N) is 2. The second-order valence-electron chi connectivity index (χ2n) is 4.19. The quantitative estimate of drug-likeness (QED) is 0.802. The van der Waals surface area contributed by atoms with Gasteiger partial charge >= 0.3 is 0 Å². The molecule has 0 saturated carbocycles. The summed E-state index contributed by atoms with van der Waals surface area (Å²) in [4.78, 5) is 8.58. The molecule has 0 spiro atoms. The fourth-order valence-electron chi connectivity index (χ4n) is 1.61. The van der Waals surface area contributed by atoms with Gasteiger partial charge in [0.1, 0.15) is 17.5 Å². The smallest absolute Gasteiger partial charge is 0.135 e. The van der Waals surface area contributed by atoms with Gasteiger partial charge in [-0.25, -0.2) is 14.4 Å². The molecule has 1 aromatic carbocycles. The number of benzene rings is 1. The summed E-state index contributed by atoms with van der Waals surface area (Å²) in [6.45, 7) is 5.67. The Kier molecular flexibility index (Phi) is 2.50. The van der Waals surface area contributed by atoms with E-state index in [4.69, 9.17) is 5.73 Å². The van der Waals surface area contributed by atoms with Crippen LogP contribution in [0.4, 0.5) is 10.2 Å². The van der Waals surface area contributed by atoms with Gasteiger partial charge in [-0.2, -0.15) is 0 Å². The van der Waals surface area contributed by atoms with Crippen molar-refractivity contribution in [2.24, 2.45) is 0 Å². The summed E-state index contributed by atoms with van der Waals surface area (Å²) < 4.78 is 13.4. The first-order valence-corrected chi connectivity index (χ1v) is 5.23. The Morgan fingerprint density at radius 1 is 1.25 bits per heavy atom. The first-order chi connectivity index (χ1) is 7.50. The molecule has 0 fully saturated rings. The Hall–Kier alpha value is -1.71. The number of aromatic nitrogens is 2. The van der Waals surface area contributed by atoms with Crippen LogP contribution in [0.15, 0.2) is 12.1 Å². The van der Waals surface area contributed by atoms with E-state index in [0.717, 1.165) is 0 Å². The minimum atomic E-state index is -0.264. The zero-order valence-corrected chi connectivity index (χ0v) is 9.58. The van der Waals surface area contributed by atoms with E-state index in [9.17, 15) is 4.39 Å². The third-order valence-electron chi connectivity index (χ3n) is 2.62. The molecular formula is C12H14FN3. The maximum atomic E-state index is 13.4. The minimum Gasteiger partial charge on any atom is -0.383 e. The Balaban J connectivity index is 2.83. The second-order valence-corrected chi connectivity index (χ2v) is 4.19. The van der Waals surface area contributed by atoms with E-state index >= 15 is 0 Å². The minimum absolute atomic E-state index is 0.175. The van der Waals surface area contributed by atoms with Gasteiger partial charge in [0.25, 0.3) is 0 Å². The standard InChI is InChI=1S/C12H14FN3/c1-6(2)12-15-10-7(3)9(13)5-4-8(10)11(14)16-12/h4-6H,1-3H3,(H2,14,15,16). The van der Waals surface area contributed by atoms with Crippen LogP contribution in [0, 0.1) is 12.7 Å². The topological polar surface area (TPSA) is 51.8 Å². The molecule has 0 aliphatic heterocycles. The van der Waals surface area contributed by atoms with E-state index in [-0.39, 0.29) is 11.7 Å². The summed E-state index contributed by atoms with van der Waals surface area (Å²) in [5.41, 5.74) is 6.97. The van der Waals surface area contributed by atoms with Crippen molar-refractivity contribution in [3.05, 3.63) is 29.3 Å². The predicted octanol–water partition coefficient (Wildman–Crippen LogP) is 2.78. The molecule has 0 amide bonds. The van der Waals surface area contributed by atoms with Crippen LogP contribution in [-0.4, -0.2) is 9.97 Å². The highest BCUT2D eigenvalue weighted by atomic mass is 19.1. The molecule has 0 atom stereocenters. The van der Waals surface area contributed by atoms with Crippen molar-refractivity contribution in [1.29, 1.82) is 0 Å². The van der Waals surface area contributed by atoms with E-state index in [2.05, 4.69) is 9.97 Å². The van der Waals surface area contributed by atoms with Crippen molar-refractivity contribution in [2.75, 3.05) is 5.73 Å². The number of rotatable bonds is 1. The number of aryl methyl sites for hydroxylation is 1. The van der Waals surface area contributed by atoms with Crippen LogP contribution in [0.1, 0.15) is 31.2 Å². The van der Waals surface area contributed by atoms with Crippen LogP contribution in [0.2, 0.25) is 0 Å². The summed E-state index contributed by atoms with van der Waals surface area (Å²) in [6, 6.07) is 3.02. The molecule has 0 radical (unpaired) electrons. The summed E-state index contributed by atoms with van der Waals surface area (Å²) in [6.07, 6.45) is 0. The maximum absolute atomic E-state index is 13.4. The fraction of sp³-hybridized carbons (Fsp3) is 0.333. The molecule has 4 heteroatoms. The molecule has 1 heterocycles. The zero-order valence-electron chi connectivity index (χ0n) is 9.58.